The third-order valence-corrected chi connectivity index (χ3v) is 8.97. The minimum absolute atomic E-state index is 0.149. The highest BCUT2D eigenvalue weighted by Gasteiger charge is 2.50. The molecule has 3 saturated carbocycles. The first-order valence-electron chi connectivity index (χ1n) is 12.6. The predicted octanol–water partition coefficient (Wildman–Crippen LogP) is 5.95. The smallest absolute Gasteiger partial charge is 0.0837 e. The van der Waals surface area contributed by atoms with Crippen LogP contribution >= 0.6 is 0 Å². The van der Waals surface area contributed by atoms with E-state index in [1.807, 2.05) is 20.8 Å². The first kappa shape index (κ1) is 24.7. The lowest BCUT2D eigenvalue weighted by molar-refractivity contribution is 0.0283. The van der Waals surface area contributed by atoms with Gasteiger partial charge >= 0.3 is 0 Å². The highest BCUT2D eigenvalue weighted by molar-refractivity contribution is 5.39. The van der Waals surface area contributed by atoms with E-state index in [4.69, 9.17) is 0 Å². The van der Waals surface area contributed by atoms with Crippen molar-refractivity contribution < 1.29 is 15.3 Å². The molecule has 0 aromatic carbocycles. The summed E-state index contributed by atoms with van der Waals surface area (Å²) >= 11 is 0. The molecule has 0 spiro atoms. The molecule has 0 bridgehead atoms. The van der Waals surface area contributed by atoms with Gasteiger partial charge in [0, 0.05) is 5.92 Å². The van der Waals surface area contributed by atoms with Gasteiger partial charge in [-0.1, -0.05) is 57.9 Å². The third-order valence-electron chi connectivity index (χ3n) is 8.97. The van der Waals surface area contributed by atoms with Gasteiger partial charge in [-0.15, -0.1) is 0 Å². The van der Waals surface area contributed by atoms with Gasteiger partial charge < -0.3 is 15.3 Å². The Kier molecular flexibility index (Phi) is 7.61. The van der Waals surface area contributed by atoms with E-state index in [1.165, 1.54) is 32.1 Å². The van der Waals surface area contributed by atoms with Crippen LogP contribution in [0.15, 0.2) is 35.5 Å². The van der Waals surface area contributed by atoms with Crippen molar-refractivity contribution in [3.63, 3.8) is 0 Å². The van der Waals surface area contributed by atoms with E-state index in [0.29, 0.717) is 23.7 Å². The maximum absolute atomic E-state index is 10.4. The van der Waals surface area contributed by atoms with Gasteiger partial charge in [0.1, 0.15) is 0 Å². The Morgan fingerprint density at radius 3 is 2.61 bits per heavy atom. The van der Waals surface area contributed by atoms with E-state index in [2.05, 4.69) is 32.6 Å². The summed E-state index contributed by atoms with van der Waals surface area (Å²) in [6.45, 7) is 14.8. The molecule has 0 saturated heterocycles. The van der Waals surface area contributed by atoms with E-state index in [0.717, 1.165) is 36.3 Å². The molecule has 31 heavy (non-hydrogen) atoms. The monoisotopic (exact) mass is 430 g/mol. The van der Waals surface area contributed by atoms with Crippen LogP contribution < -0.4 is 0 Å². The summed E-state index contributed by atoms with van der Waals surface area (Å²) in [4.78, 5) is 0. The van der Waals surface area contributed by atoms with Gasteiger partial charge in [0.05, 0.1) is 17.8 Å². The predicted molar refractivity (Wildman–Crippen MR) is 129 cm³/mol. The zero-order valence-electron chi connectivity index (χ0n) is 20.5. The first-order valence-corrected chi connectivity index (χ1v) is 12.6. The van der Waals surface area contributed by atoms with Gasteiger partial charge in [0.15, 0.2) is 0 Å². The lowest BCUT2D eigenvalue weighted by atomic mass is 9.60. The van der Waals surface area contributed by atoms with Gasteiger partial charge in [-0.3, -0.25) is 0 Å². The van der Waals surface area contributed by atoms with E-state index in [9.17, 15) is 15.3 Å². The average Bonchev–Trinajstić information content (AvgIpc) is 3.04. The fraction of sp³-hybridized carbons (Fsp3) is 0.786. The molecule has 0 radical (unpaired) electrons. The third kappa shape index (κ3) is 5.37. The lowest BCUT2D eigenvalue weighted by Gasteiger charge is -2.44. The van der Waals surface area contributed by atoms with Gasteiger partial charge in [-0.25, -0.2) is 0 Å². The van der Waals surface area contributed by atoms with E-state index in [1.54, 1.807) is 5.57 Å². The lowest BCUT2D eigenvalue weighted by Crippen LogP contribution is -2.36. The van der Waals surface area contributed by atoms with Crippen LogP contribution in [0, 0.1) is 29.1 Å². The van der Waals surface area contributed by atoms with Crippen molar-refractivity contribution in [2.45, 2.75) is 110 Å². The first-order chi connectivity index (χ1) is 14.4. The van der Waals surface area contributed by atoms with Crippen molar-refractivity contribution in [2.24, 2.45) is 29.1 Å². The second-order valence-corrected chi connectivity index (χ2v) is 11.8. The molecule has 0 aromatic rings. The number of allylic oxidation sites excluding steroid dienone is 3. The molecule has 0 amide bonds. The standard InChI is InChI=1S/C28H46O3/c1-18(9-7-15-27(4,5)31)23-13-14-24-21(10-8-16-28(23,24)6)11-12-22-17-25(29)20(3)26(30)19(22)2/h11-12,18,20,23-26,29-31H,2,7-10,13-17H2,1,3-6H3/t18-,20-,23?,24?,25+,26-,28?/m1/s1. The number of rotatable bonds is 6. The summed E-state index contributed by atoms with van der Waals surface area (Å²) in [5.41, 5.74) is 3.15. The molecule has 0 aromatic heterocycles. The molecular weight excluding hydrogens is 384 g/mol. The molecule has 3 fully saturated rings. The molecule has 7 atom stereocenters. The van der Waals surface area contributed by atoms with Crippen LogP contribution in [-0.4, -0.2) is 33.1 Å². The molecule has 3 nitrogen and oxygen atoms in total. The minimum Gasteiger partial charge on any atom is -0.392 e. The number of fused-ring (bicyclic) bond motifs is 1. The van der Waals surface area contributed by atoms with Crippen molar-refractivity contribution in [2.75, 3.05) is 0 Å². The Morgan fingerprint density at radius 2 is 1.94 bits per heavy atom. The Bertz CT molecular complexity index is 712. The van der Waals surface area contributed by atoms with Crippen LogP contribution in [0.3, 0.4) is 0 Å². The van der Waals surface area contributed by atoms with Crippen molar-refractivity contribution in [1.29, 1.82) is 0 Å². The zero-order chi connectivity index (χ0) is 23.0. The fourth-order valence-corrected chi connectivity index (χ4v) is 6.91. The molecular formula is C28H46O3. The number of hydrogen-bond donors (Lipinski definition) is 3. The highest BCUT2D eigenvalue weighted by Crippen LogP contribution is 2.60. The molecule has 3 aliphatic rings. The number of aliphatic hydroxyl groups excluding tert-OH is 2. The largest absolute Gasteiger partial charge is 0.392 e. The van der Waals surface area contributed by atoms with Gasteiger partial charge in [-0.05, 0) is 93.1 Å². The molecule has 176 valence electrons. The molecule has 3 unspecified atom stereocenters. The SMILES string of the molecule is C=C1C(=CC=C2CCCC3(C)C2CCC3[C@H](C)CCCC(C)(C)O)C[C@H](O)[C@@H](C)[C@@H]1O. The Balaban J connectivity index is 1.71. The van der Waals surface area contributed by atoms with Crippen LogP contribution in [0.5, 0.6) is 0 Å². The summed E-state index contributed by atoms with van der Waals surface area (Å²) < 4.78 is 0. The Labute approximate surface area is 190 Å². The molecule has 3 N–H and O–H groups in total. The topological polar surface area (TPSA) is 60.7 Å². The second kappa shape index (κ2) is 9.53. The molecule has 0 aliphatic heterocycles. The highest BCUT2D eigenvalue weighted by atomic mass is 16.3. The summed E-state index contributed by atoms with van der Waals surface area (Å²) in [6, 6.07) is 0. The summed E-state index contributed by atoms with van der Waals surface area (Å²) in [6.07, 6.45) is 13.4. The molecule has 3 rings (SSSR count). The number of hydrogen-bond acceptors (Lipinski definition) is 3. The quantitative estimate of drug-likeness (QED) is 0.488. The van der Waals surface area contributed by atoms with Crippen molar-refractivity contribution >= 4 is 0 Å². The van der Waals surface area contributed by atoms with Crippen molar-refractivity contribution in [1.82, 2.24) is 0 Å². The Morgan fingerprint density at radius 1 is 1.23 bits per heavy atom. The summed E-state index contributed by atoms with van der Waals surface area (Å²) in [5, 5.41) is 30.7. The normalized spacial score (nSPS) is 40.4. The molecule has 3 heteroatoms. The average molecular weight is 431 g/mol. The van der Waals surface area contributed by atoms with Crippen molar-refractivity contribution in [3.8, 4) is 0 Å². The van der Waals surface area contributed by atoms with Crippen LogP contribution in [-0.2, 0) is 0 Å². The van der Waals surface area contributed by atoms with Gasteiger partial charge in [0.25, 0.3) is 0 Å². The summed E-state index contributed by atoms with van der Waals surface area (Å²) in [7, 11) is 0. The summed E-state index contributed by atoms with van der Waals surface area (Å²) in [5.74, 6) is 1.94. The Hall–Kier alpha value is -0.900. The van der Waals surface area contributed by atoms with E-state index >= 15 is 0 Å². The molecule has 0 heterocycles. The van der Waals surface area contributed by atoms with Gasteiger partial charge in [-0.2, -0.15) is 0 Å². The fourth-order valence-electron chi connectivity index (χ4n) is 6.91. The van der Waals surface area contributed by atoms with Crippen LogP contribution in [0.2, 0.25) is 0 Å². The maximum Gasteiger partial charge on any atom is 0.0837 e. The van der Waals surface area contributed by atoms with Gasteiger partial charge in [0.2, 0.25) is 0 Å². The minimum atomic E-state index is -0.648. The van der Waals surface area contributed by atoms with Crippen LogP contribution in [0.4, 0.5) is 0 Å². The van der Waals surface area contributed by atoms with E-state index in [-0.39, 0.29) is 5.92 Å². The number of aliphatic hydroxyl groups is 3. The zero-order valence-corrected chi connectivity index (χ0v) is 20.5. The maximum atomic E-state index is 10.4. The van der Waals surface area contributed by atoms with E-state index < -0.39 is 17.8 Å². The van der Waals surface area contributed by atoms with Crippen molar-refractivity contribution in [3.05, 3.63) is 35.5 Å². The second-order valence-electron chi connectivity index (χ2n) is 11.8. The molecule has 3 aliphatic carbocycles. The van der Waals surface area contributed by atoms with Crippen LogP contribution in [0.25, 0.3) is 0 Å². The van der Waals surface area contributed by atoms with Crippen LogP contribution in [0.1, 0.15) is 92.4 Å².